The minimum atomic E-state index is 0.231. The molecule has 0 radical (unpaired) electrons. The Hall–Kier alpha value is -0.830. The van der Waals surface area contributed by atoms with Crippen LogP contribution in [0.15, 0.2) is 17.5 Å². The first-order chi connectivity index (χ1) is 8.84. The fourth-order valence-electron chi connectivity index (χ4n) is 2.59. The van der Waals surface area contributed by atoms with Gasteiger partial charge in [-0.2, -0.15) is 0 Å². The quantitative estimate of drug-likeness (QED) is 0.878. The maximum atomic E-state index is 11.9. The Morgan fingerprint density at radius 1 is 1.22 bits per heavy atom. The van der Waals surface area contributed by atoms with Crippen molar-refractivity contribution in [3.63, 3.8) is 0 Å². The van der Waals surface area contributed by atoms with Crippen LogP contribution in [0.25, 0.3) is 0 Å². The lowest BCUT2D eigenvalue weighted by Crippen LogP contribution is -2.35. The summed E-state index contributed by atoms with van der Waals surface area (Å²) in [6.07, 6.45) is 10.5. The van der Waals surface area contributed by atoms with Crippen LogP contribution in [0.4, 0.5) is 0 Å². The van der Waals surface area contributed by atoms with Crippen LogP contribution in [0.5, 0.6) is 0 Å². The Kier molecular flexibility index (Phi) is 5.72. The third-order valence-electron chi connectivity index (χ3n) is 3.65. The van der Waals surface area contributed by atoms with Gasteiger partial charge in [0, 0.05) is 17.3 Å². The normalized spacial score (nSPS) is 18.0. The summed E-state index contributed by atoms with van der Waals surface area (Å²) in [6, 6.07) is 4.58. The predicted molar refractivity (Wildman–Crippen MR) is 76.9 cm³/mol. The number of amides is 1. The molecule has 0 unspecified atom stereocenters. The first kappa shape index (κ1) is 13.6. The van der Waals surface area contributed by atoms with Crippen LogP contribution in [0, 0.1) is 0 Å². The zero-order valence-electron chi connectivity index (χ0n) is 11.0. The Labute approximate surface area is 114 Å². The number of thiophene rings is 1. The molecule has 3 heteroatoms. The van der Waals surface area contributed by atoms with Crippen molar-refractivity contribution in [1.82, 2.24) is 5.32 Å². The molecule has 2 rings (SSSR count). The van der Waals surface area contributed by atoms with Crippen LogP contribution >= 0.6 is 11.3 Å². The average Bonchev–Trinajstić information content (AvgIpc) is 2.83. The molecule has 18 heavy (non-hydrogen) atoms. The fourth-order valence-corrected chi connectivity index (χ4v) is 3.30. The predicted octanol–water partition coefficient (Wildman–Crippen LogP) is 3.91. The minimum Gasteiger partial charge on any atom is -0.353 e. The van der Waals surface area contributed by atoms with Crippen molar-refractivity contribution in [2.45, 2.75) is 63.8 Å². The van der Waals surface area contributed by atoms with Gasteiger partial charge < -0.3 is 5.32 Å². The van der Waals surface area contributed by atoms with E-state index in [4.69, 9.17) is 0 Å². The highest BCUT2D eigenvalue weighted by molar-refractivity contribution is 7.09. The van der Waals surface area contributed by atoms with Gasteiger partial charge in [-0.3, -0.25) is 4.79 Å². The zero-order valence-corrected chi connectivity index (χ0v) is 11.8. The molecule has 0 saturated heterocycles. The van der Waals surface area contributed by atoms with Crippen LogP contribution < -0.4 is 5.32 Å². The molecule has 100 valence electrons. The number of carbonyl (C=O) groups excluding carboxylic acids is 1. The molecule has 0 aromatic carbocycles. The van der Waals surface area contributed by atoms with Gasteiger partial charge in [-0.15, -0.1) is 11.3 Å². The third kappa shape index (κ3) is 4.81. The van der Waals surface area contributed by atoms with Gasteiger partial charge in [0.15, 0.2) is 0 Å². The molecule has 0 spiro atoms. The van der Waals surface area contributed by atoms with Gasteiger partial charge >= 0.3 is 0 Å². The lowest BCUT2D eigenvalue weighted by atomic mass is 9.96. The van der Waals surface area contributed by atoms with E-state index in [-0.39, 0.29) is 5.91 Å². The van der Waals surface area contributed by atoms with E-state index < -0.39 is 0 Å². The first-order valence-corrected chi connectivity index (χ1v) is 8.04. The maximum absolute atomic E-state index is 11.9. The van der Waals surface area contributed by atoms with Crippen molar-refractivity contribution in [1.29, 1.82) is 0 Å². The first-order valence-electron chi connectivity index (χ1n) is 7.16. The third-order valence-corrected chi connectivity index (χ3v) is 4.59. The molecule has 1 heterocycles. The number of rotatable bonds is 4. The summed E-state index contributed by atoms with van der Waals surface area (Å²) in [5, 5.41) is 5.29. The van der Waals surface area contributed by atoms with Gasteiger partial charge in [0.25, 0.3) is 0 Å². The molecule has 1 aliphatic carbocycles. The molecule has 0 atom stereocenters. The lowest BCUT2D eigenvalue weighted by Gasteiger charge is -2.20. The second-order valence-corrected chi connectivity index (χ2v) is 6.22. The fraction of sp³-hybridized carbons (Fsp3) is 0.667. The average molecular weight is 265 g/mol. The molecular weight excluding hydrogens is 242 g/mol. The Morgan fingerprint density at radius 3 is 2.61 bits per heavy atom. The molecular formula is C15H23NOS. The number of aryl methyl sites for hydroxylation is 1. The van der Waals surface area contributed by atoms with Crippen molar-refractivity contribution in [2.75, 3.05) is 0 Å². The summed E-state index contributed by atoms with van der Waals surface area (Å²) in [5.41, 5.74) is 0. The molecule has 2 nitrogen and oxygen atoms in total. The summed E-state index contributed by atoms with van der Waals surface area (Å²) in [6.45, 7) is 0. The molecule has 1 fully saturated rings. The van der Waals surface area contributed by atoms with Gasteiger partial charge in [0.2, 0.25) is 5.91 Å². The lowest BCUT2D eigenvalue weighted by molar-refractivity contribution is -0.121. The van der Waals surface area contributed by atoms with Crippen molar-refractivity contribution >= 4 is 17.2 Å². The molecule has 1 aromatic heterocycles. The summed E-state index contributed by atoms with van der Waals surface area (Å²) < 4.78 is 0. The Balaban J connectivity index is 1.68. The second-order valence-electron chi connectivity index (χ2n) is 5.19. The highest BCUT2D eigenvalue weighted by Gasteiger charge is 2.13. The van der Waals surface area contributed by atoms with Gasteiger partial charge in [-0.05, 0) is 30.7 Å². The van der Waals surface area contributed by atoms with Crippen LogP contribution in [0.2, 0.25) is 0 Å². The van der Waals surface area contributed by atoms with Gasteiger partial charge in [0.05, 0.1) is 0 Å². The van der Waals surface area contributed by atoms with E-state index in [9.17, 15) is 4.79 Å². The van der Waals surface area contributed by atoms with E-state index in [0.29, 0.717) is 12.5 Å². The standard InChI is InChI=1S/C15H23NOS/c17-15(11-10-14-9-6-12-18-14)16-13-7-4-2-1-3-5-8-13/h6,9,12-13H,1-5,7-8,10-11H2,(H,16,17). The smallest absolute Gasteiger partial charge is 0.220 e. The van der Waals surface area contributed by atoms with Crippen molar-refractivity contribution in [3.8, 4) is 0 Å². The van der Waals surface area contributed by atoms with Crippen LogP contribution in [0.1, 0.15) is 56.2 Å². The summed E-state index contributed by atoms with van der Waals surface area (Å²) in [4.78, 5) is 13.2. The van der Waals surface area contributed by atoms with E-state index >= 15 is 0 Å². The zero-order chi connectivity index (χ0) is 12.6. The number of hydrogen-bond donors (Lipinski definition) is 1. The second kappa shape index (κ2) is 7.57. The molecule has 1 aromatic rings. The molecule has 1 saturated carbocycles. The van der Waals surface area contributed by atoms with Crippen LogP contribution in [-0.2, 0) is 11.2 Å². The highest BCUT2D eigenvalue weighted by Crippen LogP contribution is 2.17. The molecule has 1 aliphatic rings. The van der Waals surface area contributed by atoms with Gasteiger partial charge in [-0.1, -0.05) is 38.2 Å². The van der Waals surface area contributed by atoms with Crippen molar-refractivity contribution < 1.29 is 4.79 Å². The van der Waals surface area contributed by atoms with E-state index in [1.807, 2.05) is 6.07 Å². The van der Waals surface area contributed by atoms with Gasteiger partial charge in [-0.25, -0.2) is 0 Å². The topological polar surface area (TPSA) is 29.1 Å². The number of hydrogen-bond acceptors (Lipinski definition) is 2. The van der Waals surface area contributed by atoms with Crippen LogP contribution in [0.3, 0.4) is 0 Å². The Morgan fingerprint density at radius 2 is 1.94 bits per heavy atom. The minimum absolute atomic E-state index is 0.231. The van der Waals surface area contributed by atoms with E-state index in [2.05, 4.69) is 16.8 Å². The SMILES string of the molecule is O=C(CCc1cccs1)NC1CCCCCCC1. The molecule has 1 amide bonds. The number of nitrogens with one attached hydrogen (secondary N) is 1. The number of carbonyl (C=O) groups is 1. The highest BCUT2D eigenvalue weighted by atomic mass is 32.1. The monoisotopic (exact) mass is 265 g/mol. The summed E-state index contributed by atoms with van der Waals surface area (Å²) in [7, 11) is 0. The largest absolute Gasteiger partial charge is 0.353 e. The van der Waals surface area contributed by atoms with E-state index in [1.54, 1.807) is 11.3 Å². The molecule has 1 N–H and O–H groups in total. The summed E-state index contributed by atoms with van der Waals surface area (Å²) in [5.74, 6) is 0.231. The van der Waals surface area contributed by atoms with E-state index in [1.165, 1.54) is 49.8 Å². The van der Waals surface area contributed by atoms with Crippen molar-refractivity contribution in [2.24, 2.45) is 0 Å². The van der Waals surface area contributed by atoms with E-state index in [0.717, 1.165) is 6.42 Å². The van der Waals surface area contributed by atoms with Gasteiger partial charge in [0.1, 0.15) is 0 Å². The van der Waals surface area contributed by atoms with Crippen molar-refractivity contribution in [3.05, 3.63) is 22.4 Å². The maximum Gasteiger partial charge on any atom is 0.220 e. The molecule has 0 aliphatic heterocycles. The Bertz CT molecular complexity index is 339. The summed E-state index contributed by atoms with van der Waals surface area (Å²) >= 11 is 1.74. The van der Waals surface area contributed by atoms with Crippen LogP contribution in [-0.4, -0.2) is 11.9 Å². The molecule has 0 bridgehead atoms.